The smallest absolute Gasteiger partial charge is 0.226 e. The van der Waals surface area contributed by atoms with Crippen LogP contribution in [0.15, 0.2) is 29.6 Å². The molecule has 3 rings (SSSR count). The number of rotatable bonds is 5. The lowest BCUT2D eigenvalue weighted by atomic mass is 9.98. The van der Waals surface area contributed by atoms with Crippen LogP contribution < -0.4 is 4.74 Å². The van der Waals surface area contributed by atoms with Gasteiger partial charge in [0.25, 0.3) is 0 Å². The van der Waals surface area contributed by atoms with E-state index in [0.717, 1.165) is 30.1 Å². The Morgan fingerprint density at radius 3 is 3.04 bits per heavy atom. The van der Waals surface area contributed by atoms with Crippen molar-refractivity contribution >= 4 is 17.2 Å². The highest BCUT2D eigenvalue weighted by atomic mass is 32.1. The highest BCUT2D eigenvalue weighted by Gasteiger charge is 2.26. The minimum atomic E-state index is -0.401. The lowest BCUT2D eigenvalue weighted by Crippen LogP contribution is -2.39. The van der Waals surface area contributed by atoms with Crippen LogP contribution in [-0.4, -0.2) is 35.5 Å². The molecule has 2 heterocycles. The molecule has 1 aromatic heterocycles. The van der Waals surface area contributed by atoms with E-state index in [1.165, 1.54) is 6.07 Å². The van der Waals surface area contributed by atoms with Gasteiger partial charge in [-0.25, -0.2) is 9.37 Å². The van der Waals surface area contributed by atoms with Crippen LogP contribution >= 0.6 is 11.3 Å². The van der Waals surface area contributed by atoms with Gasteiger partial charge in [0.05, 0.1) is 18.0 Å². The first-order valence-electron chi connectivity index (χ1n) is 8.20. The second-order valence-corrected chi connectivity index (χ2v) is 6.92. The van der Waals surface area contributed by atoms with Gasteiger partial charge in [-0.1, -0.05) is 12.1 Å². The number of amides is 1. The number of thiazole rings is 1. The van der Waals surface area contributed by atoms with Gasteiger partial charge < -0.3 is 9.64 Å². The Morgan fingerprint density at radius 2 is 2.29 bits per heavy atom. The Labute approximate surface area is 145 Å². The van der Waals surface area contributed by atoms with Gasteiger partial charge in [0.15, 0.2) is 11.6 Å². The molecule has 4 nitrogen and oxygen atoms in total. The molecule has 0 radical (unpaired) electrons. The maximum absolute atomic E-state index is 13.5. The van der Waals surface area contributed by atoms with E-state index < -0.39 is 5.82 Å². The standard InChI is InChI=1S/C18H21FN2O2S/c1-13-12-24-18(20-13)14-5-4-9-21(11-14)17(22)8-10-23-16-7-3-2-6-15(16)19/h2-3,6-7,12,14H,4-5,8-11H2,1H3. The van der Waals surface area contributed by atoms with E-state index in [-0.39, 0.29) is 24.7 Å². The Hall–Kier alpha value is -1.95. The third-order valence-corrected chi connectivity index (χ3v) is 5.30. The zero-order chi connectivity index (χ0) is 16.9. The number of nitrogens with zero attached hydrogens (tertiary/aromatic N) is 2. The molecule has 1 unspecified atom stereocenters. The lowest BCUT2D eigenvalue weighted by Gasteiger charge is -2.32. The summed E-state index contributed by atoms with van der Waals surface area (Å²) >= 11 is 1.67. The number of halogens is 1. The van der Waals surface area contributed by atoms with E-state index in [1.54, 1.807) is 29.5 Å². The number of hydrogen-bond donors (Lipinski definition) is 0. The van der Waals surface area contributed by atoms with Gasteiger partial charge in [0, 0.05) is 30.1 Å². The van der Waals surface area contributed by atoms with Crippen LogP contribution in [0, 0.1) is 12.7 Å². The highest BCUT2D eigenvalue weighted by molar-refractivity contribution is 7.09. The maximum atomic E-state index is 13.5. The van der Waals surface area contributed by atoms with Crippen LogP contribution in [0.4, 0.5) is 4.39 Å². The van der Waals surface area contributed by atoms with Crippen molar-refractivity contribution in [3.8, 4) is 5.75 Å². The van der Waals surface area contributed by atoms with Crippen LogP contribution in [0.25, 0.3) is 0 Å². The van der Waals surface area contributed by atoms with E-state index >= 15 is 0 Å². The number of hydrogen-bond acceptors (Lipinski definition) is 4. The van der Waals surface area contributed by atoms with E-state index in [0.29, 0.717) is 12.5 Å². The molecule has 1 amide bonds. The molecule has 1 aliphatic rings. The van der Waals surface area contributed by atoms with Crippen molar-refractivity contribution in [2.75, 3.05) is 19.7 Å². The average Bonchev–Trinajstić information content (AvgIpc) is 3.03. The molecule has 0 saturated carbocycles. The fraction of sp³-hybridized carbons (Fsp3) is 0.444. The summed E-state index contributed by atoms with van der Waals surface area (Å²) in [6.07, 6.45) is 2.32. The summed E-state index contributed by atoms with van der Waals surface area (Å²) < 4.78 is 18.9. The monoisotopic (exact) mass is 348 g/mol. The Morgan fingerprint density at radius 1 is 1.46 bits per heavy atom. The van der Waals surface area contributed by atoms with Gasteiger partial charge in [-0.3, -0.25) is 4.79 Å². The molecule has 2 aromatic rings. The summed E-state index contributed by atoms with van der Waals surface area (Å²) in [5.74, 6) is 0.181. The minimum Gasteiger partial charge on any atom is -0.490 e. The number of likely N-dealkylation sites (tertiary alicyclic amines) is 1. The molecular formula is C18H21FN2O2S. The van der Waals surface area contributed by atoms with Gasteiger partial charge in [0.2, 0.25) is 5.91 Å². The number of carbonyl (C=O) groups is 1. The molecule has 0 N–H and O–H groups in total. The predicted molar refractivity (Wildman–Crippen MR) is 91.9 cm³/mol. The van der Waals surface area contributed by atoms with E-state index in [2.05, 4.69) is 10.4 Å². The molecule has 24 heavy (non-hydrogen) atoms. The zero-order valence-corrected chi connectivity index (χ0v) is 14.5. The first-order chi connectivity index (χ1) is 11.6. The summed E-state index contributed by atoms with van der Waals surface area (Å²) in [7, 11) is 0. The van der Waals surface area contributed by atoms with Gasteiger partial charge in [-0.2, -0.15) is 0 Å². The topological polar surface area (TPSA) is 42.4 Å². The fourth-order valence-electron chi connectivity index (χ4n) is 2.93. The Kier molecular flexibility index (Phi) is 5.45. The molecule has 1 aliphatic heterocycles. The van der Waals surface area contributed by atoms with Crippen LogP contribution in [0.2, 0.25) is 0 Å². The minimum absolute atomic E-state index is 0.0596. The second kappa shape index (κ2) is 7.75. The number of ether oxygens (including phenoxy) is 1. The van der Waals surface area contributed by atoms with E-state index in [9.17, 15) is 9.18 Å². The largest absolute Gasteiger partial charge is 0.490 e. The first kappa shape index (κ1) is 16.9. The van der Waals surface area contributed by atoms with Crippen molar-refractivity contribution in [1.29, 1.82) is 0 Å². The highest BCUT2D eigenvalue weighted by Crippen LogP contribution is 2.29. The van der Waals surface area contributed by atoms with Crippen molar-refractivity contribution in [3.63, 3.8) is 0 Å². The quantitative estimate of drug-likeness (QED) is 0.826. The molecular weight excluding hydrogens is 327 g/mol. The molecule has 0 spiro atoms. The maximum Gasteiger partial charge on any atom is 0.226 e. The van der Waals surface area contributed by atoms with Crippen molar-refractivity contribution in [3.05, 3.63) is 46.2 Å². The van der Waals surface area contributed by atoms with Crippen LogP contribution in [-0.2, 0) is 4.79 Å². The Balaban J connectivity index is 1.50. The van der Waals surface area contributed by atoms with Crippen molar-refractivity contribution < 1.29 is 13.9 Å². The fourth-order valence-corrected chi connectivity index (χ4v) is 3.86. The molecule has 0 bridgehead atoms. The molecule has 6 heteroatoms. The summed E-state index contributed by atoms with van der Waals surface area (Å²) in [5, 5.41) is 3.17. The first-order valence-corrected chi connectivity index (χ1v) is 9.08. The van der Waals surface area contributed by atoms with Crippen molar-refractivity contribution in [1.82, 2.24) is 9.88 Å². The summed E-state index contributed by atoms with van der Waals surface area (Å²) in [6.45, 7) is 3.67. The van der Waals surface area contributed by atoms with Gasteiger partial charge in [-0.15, -0.1) is 11.3 Å². The third kappa shape index (κ3) is 4.12. The molecule has 1 atom stereocenters. The summed E-state index contributed by atoms with van der Waals surface area (Å²) in [4.78, 5) is 18.8. The zero-order valence-electron chi connectivity index (χ0n) is 13.7. The normalized spacial score (nSPS) is 17.8. The van der Waals surface area contributed by atoms with E-state index in [4.69, 9.17) is 4.74 Å². The van der Waals surface area contributed by atoms with Crippen LogP contribution in [0.1, 0.15) is 35.9 Å². The van der Waals surface area contributed by atoms with Gasteiger partial charge in [-0.05, 0) is 31.9 Å². The average molecular weight is 348 g/mol. The number of aryl methyl sites for hydroxylation is 1. The van der Waals surface area contributed by atoms with Crippen molar-refractivity contribution in [2.24, 2.45) is 0 Å². The lowest BCUT2D eigenvalue weighted by molar-refractivity contribution is -0.132. The van der Waals surface area contributed by atoms with Crippen LogP contribution in [0.5, 0.6) is 5.75 Å². The molecule has 0 aliphatic carbocycles. The predicted octanol–water partition coefficient (Wildman–Crippen LogP) is 3.77. The number of aromatic nitrogens is 1. The molecule has 1 saturated heterocycles. The third-order valence-electron chi connectivity index (χ3n) is 4.17. The summed E-state index contributed by atoms with van der Waals surface area (Å²) in [6, 6.07) is 6.25. The molecule has 128 valence electrons. The molecule has 1 aromatic carbocycles. The number of para-hydroxylation sites is 1. The van der Waals surface area contributed by atoms with Gasteiger partial charge in [0.1, 0.15) is 0 Å². The van der Waals surface area contributed by atoms with E-state index in [1.807, 2.05) is 11.8 Å². The number of piperidine rings is 1. The summed E-state index contributed by atoms with van der Waals surface area (Å²) in [5.41, 5.74) is 1.04. The van der Waals surface area contributed by atoms with Crippen LogP contribution in [0.3, 0.4) is 0 Å². The van der Waals surface area contributed by atoms with Crippen molar-refractivity contribution in [2.45, 2.75) is 32.1 Å². The number of benzene rings is 1. The number of carbonyl (C=O) groups excluding carboxylic acids is 1. The Bertz CT molecular complexity index is 704. The van der Waals surface area contributed by atoms with Gasteiger partial charge >= 0.3 is 0 Å². The molecule has 1 fully saturated rings. The SMILES string of the molecule is Cc1csc(C2CCCN(C(=O)CCOc3ccccc3F)C2)n1. The second-order valence-electron chi connectivity index (χ2n) is 6.03.